The van der Waals surface area contributed by atoms with Gasteiger partial charge in [-0.25, -0.2) is 4.79 Å². The highest BCUT2D eigenvalue weighted by Crippen LogP contribution is 2.35. The molecule has 0 spiro atoms. The number of halogens is 1. The van der Waals surface area contributed by atoms with E-state index in [1.807, 2.05) is 30.5 Å². The van der Waals surface area contributed by atoms with Crippen molar-refractivity contribution in [3.63, 3.8) is 0 Å². The first-order valence-corrected chi connectivity index (χ1v) is 7.74. The summed E-state index contributed by atoms with van der Waals surface area (Å²) in [7, 11) is 1.32. The van der Waals surface area contributed by atoms with Gasteiger partial charge in [-0.3, -0.25) is 0 Å². The van der Waals surface area contributed by atoms with Gasteiger partial charge in [0.1, 0.15) is 0 Å². The number of thioether (sulfide) groups is 1. The van der Waals surface area contributed by atoms with E-state index >= 15 is 0 Å². The first-order valence-electron chi connectivity index (χ1n) is 6.14. The summed E-state index contributed by atoms with van der Waals surface area (Å²) < 4.78 is 4.78. The topological polar surface area (TPSA) is 64.3 Å². The van der Waals surface area contributed by atoms with Gasteiger partial charge in [0.2, 0.25) is 0 Å². The Labute approximate surface area is 132 Å². The van der Waals surface area contributed by atoms with Crippen molar-refractivity contribution in [2.75, 3.05) is 24.4 Å². The number of ether oxygens (including phenoxy) is 1. The predicted octanol–water partition coefficient (Wildman–Crippen LogP) is 4.17. The Morgan fingerprint density at radius 1 is 1.33 bits per heavy atom. The molecule has 0 saturated heterocycles. The summed E-state index contributed by atoms with van der Waals surface area (Å²) >= 11 is 7.82. The number of nitrogen functional groups attached to an aromatic ring is 1. The molecule has 3 N–H and O–H groups in total. The van der Waals surface area contributed by atoms with Crippen LogP contribution in [0.3, 0.4) is 0 Å². The monoisotopic (exact) mass is 322 g/mol. The number of nitrogens with two attached hydrogens (primary N) is 1. The van der Waals surface area contributed by atoms with Gasteiger partial charge in [0, 0.05) is 10.6 Å². The summed E-state index contributed by atoms with van der Waals surface area (Å²) in [5.74, 6) is -0.492. The van der Waals surface area contributed by atoms with Crippen LogP contribution in [0.15, 0.2) is 41.3 Å². The van der Waals surface area contributed by atoms with Crippen LogP contribution in [-0.2, 0) is 4.74 Å². The van der Waals surface area contributed by atoms with Gasteiger partial charge in [-0.1, -0.05) is 23.7 Å². The smallest absolute Gasteiger partial charge is 0.340 e. The quantitative estimate of drug-likeness (QED) is 0.502. The standard InChI is InChI=1S/C15H15ClN2O2S/c1-20-15(19)10-7-9(17)8-11(16)14(10)18-12-5-3-4-6-13(12)21-2/h3-8,18H,17H2,1-2H3. The molecule has 0 heterocycles. The van der Waals surface area contributed by atoms with Crippen LogP contribution >= 0.6 is 23.4 Å². The van der Waals surface area contributed by atoms with Crippen LogP contribution in [0, 0.1) is 0 Å². The Bertz CT molecular complexity index is 677. The van der Waals surface area contributed by atoms with E-state index in [0.717, 1.165) is 10.6 Å². The minimum absolute atomic E-state index is 0.304. The van der Waals surface area contributed by atoms with Gasteiger partial charge < -0.3 is 15.8 Å². The van der Waals surface area contributed by atoms with Gasteiger partial charge in [0.25, 0.3) is 0 Å². The molecule has 2 aromatic rings. The van der Waals surface area contributed by atoms with Gasteiger partial charge in [-0.2, -0.15) is 0 Å². The molecule has 0 amide bonds. The van der Waals surface area contributed by atoms with E-state index in [1.165, 1.54) is 7.11 Å². The number of methoxy groups -OCH3 is 1. The van der Waals surface area contributed by atoms with Crippen LogP contribution in [0.25, 0.3) is 0 Å². The maximum atomic E-state index is 11.9. The molecular weight excluding hydrogens is 308 g/mol. The van der Waals surface area contributed by atoms with Crippen LogP contribution in [-0.4, -0.2) is 19.3 Å². The van der Waals surface area contributed by atoms with E-state index in [2.05, 4.69) is 5.32 Å². The predicted molar refractivity (Wildman–Crippen MR) is 88.7 cm³/mol. The molecule has 0 atom stereocenters. The number of nitrogens with one attached hydrogen (secondary N) is 1. The lowest BCUT2D eigenvalue weighted by atomic mass is 10.1. The molecular formula is C15H15ClN2O2S. The van der Waals surface area contributed by atoms with E-state index in [-0.39, 0.29) is 0 Å². The number of hydrogen-bond donors (Lipinski definition) is 2. The fourth-order valence-electron chi connectivity index (χ4n) is 1.91. The summed E-state index contributed by atoms with van der Waals surface area (Å²) in [5, 5.41) is 3.56. The summed E-state index contributed by atoms with van der Waals surface area (Å²) in [6.45, 7) is 0. The highest BCUT2D eigenvalue weighted by molar-refractivity contribution is 7.98. The van der Waals surface area contributed by atoms with Crippen molar-refractivity contribution in [1.29, 1.82) is 0 Å². The van der Waals surface area contributed by atoms with Gasteiger partial charge in [-0.15, -0.1) is 11.8 Å². The van der Waals surface area contributed by atoms with E-state index < -0.39 is 5.97 Å². The van der Waals surface area contributed by atoms with E-state index in [1.54, 1.807) is 23.9 Å². The van der Waals surface area contributed by atoms with E-state index in [9.17, 15) is 4.79 Å². The minimum Gasteiger partial charge on any atom is -0.465 e. The lowest BCUT2D eigenvalue weighted by Gasteiger charge is -2.15. The Hall–Kier alpha value is -1.85. The van der Waals surface area contributed by atoms with Crippen LogP contribution in [0.1, 0.15) is 10.4 Å². The lowest BCUT2D eigenvalue weighted by Crippen LogP contribution is -2.07. The van der Waals surface area contributed by atoms with Crippen molar-refractivity contribution in [1.82, 2.24) is 0 Å². The first-order chi connectivity index (χ1) is 10.1. The third-order valence-electron chi connectivity index (χ3n) is 2.88. The molecule has 0 aromatic heterocycles. The zero-order valence-corrected chi connectivity index (χ0v) is 13.2. The van der Waals surface area contributed by atoms with Crippen molar-refractivity contribution in [2.45, 2.75) is 4.90 Å². The van der Waals surface area contributed by atoms with Crippen LogP contribution < -0.4 is 11.1 Å². The molecule has 0 aliphatic heterocycles. The average molecular weight is 323 g/mol. The molecule has 0 fully saturated rings. The zero-order chi connectivity index (χ0) is 15.4. The number of carbonyl (C=O) groups is 1. The Kier molecular flexibility index (Phi) is 4.98. The Balaban J connectivity index is 2.50. The van der Waals surface area contributed by atoms with Crippen LogP contribution in [0.5, 0.6) is 0 Å². The van der Waals surface area contributed by atoms with E-state index in [0.29, 0.717) is 22.0 Å². The lowest BCUT2D eigenvalue weighted by molar-refractivity contribution is 0.0602. The van der Waals surface area contributed by atoms with Crippen LogP contribution in [0.2, 0.25) is 5.02 Å². The Morgan fingerprint density at radius 2 is 2.05 bits per heavy atom. The summed E-state index contributed by atoms with van der Waals surface area (Å²) in [5.41, 5.74) is 7.81. The van der Waals surface area contributed by atoms with Crippen molar-refractivity contribution >= 4 is 46.4 Å². The fraction of sp³-hybridized carbons (Fsp3) is 0.133. The number of carbonyl (C=O) groups excluding carboxylic acids is 1. The number of benzene rings is 2. The minimum atomic E-state index is -0.492. The first kappa shape index (κ1) is 15.5. The highest BCUT2D eigenvalue weighted by Gasteiger charge is 2.17. The highest BCUT2D eigenvalue weighted by atomic mass is 35.5. The molecule has 2 rings (SSSR count). The second-order valence-electron chi connectivity index (χ2n) is 4.24. The number of esters is 1. The molecule has 21 heavy (non-hydrogen) atoms. The number of rotatable bonds is 4. The third-order valence-corrected chi connectivity index (χ3v) is 3.98. The largest absolute Gasteiger partial charge is 0.465 e. The van der Waals surface area contributed by atoms with Crippen molar-refractivity contribution in [3.05, 3.63) is 47.0 Å². The Morgan fingerprint density at radius 3 is 2.71 bits per heavy atom. The van der Waals surface area contributed by atoms with Gasteiger partial charge in [0.05, 0.1) is 29.1 Å². The number of anilines is 3. The summed E-state index contributed by atoms with van der Waals surface area (Å²) in [6.07, 6.45) is 1.98. The zero-order valence-electron chi connectivity index (χ0n) is 11.6. The molecule has 0 aliphatic rings. The van der Waals surface area contributed by atoms with Crippen molar-refractivity contribution in [2.24, 2.45) is 0 Å². The SMILES string of the molecule is COC(=O)c1cc(N)cc(Cl)c1Nc1ccccc1SC. The second kappa shape index (κ2) is 6.74. The van der Waals surface area contributed by atoms with Crippen LogP contribution in [0.4, 0.5) is 17.1 Å². The molecule has 110 valence electrons. The number of hydrogen-bond acceptors (Lipinski definition) is 5. The average Bonchev–Trinajstić information content (AvgIpc) is 2.49. The molecule has 0 unspecified atom stereocenters. The molecule has 6 heteroatoms. The summed E-state index contributed by atoms with van der Waals surface area (Å²) in [6, 6.07) is 10.9. The normalized spacial score (nSPS) is 10.2. The number of para-hydroxylation sites is 1. The molecule has 0 radical (unpaired) electrons. The maximum Gasteiger partial charge on any atom is 0.340 e. The molecule has 2 aromatic carbocycles. The molecule has 0 bridgehead atoms. The second-order valence-corrected chi connectivity index (χ2v) is 5.50. The van der Waals surface area contributed by atoms with Crippen molar-refractivity contribution < 1.29 is 9.53 Å². The van der Waals surface area contributed by atoms with Gasteiger partial charge in [0.15, 0.2) is 0 Å². The van der Waals surface area contributed by atoms with E-state index in [4.69, 9.17) is 22.1 Å². The molecule has 4 nitrogen and oxygen atoms in total. The van der Waals surface area contributed by atoms with Gasteiger partial charge in [-0.05, 0) is 30.5 Å². The third kappa shape index (κ3) is 3.43. The molecule has 0 saturated carbocycles. The summed E-state index contributed by atoms with van der Waals surface area (Å²) in [4.78, 5) is 12.9. The van der Waals surface area contributed by atoms with Crippen molar-refractivity contribution in [3.8, 4) is 0 Å². The van der Waals surface area contributed by atoms with Gasteiger partial charge >= 0.3 is 5.97 Å². The molecule has 0 aliphatic carbocycles. The fourth-order valence-corrected chi connectivity index (χ4v) is 2.74. The maximum absolute atomic E-state index is 11.9.